The number of amides is 3. The van der Waals surface area contributed by atoms with E-state index in [0.717, 1.165) is 17.5 Å². The van der Waals surface area contributed by atoms with Crippen molar-refractivity contribution in [1.29, 1.82) is 0 Å². The van der Waals surface area contributed by atoms with E-state index >= 15 is 0 Å². The van der Waals surface area contributed by atoms with E-state index in [-0.39, 0.29) is 23.3 Å². The van der Waals surface area contributed by atoms with Crippen molar-refractivity contribution in [3.05, 3.63) is 47.4 Å². The third kappa shape index (κ3) is 4.71. The summed E-state index contributed by atoms with van der Waals surface area (Å²) in [6.07, 6.45) is 4.43. The van der Waals surface area contributed by atoms with Gasteiger partial charge in [-0.1, -0.05) is 0 Å². The average molecular weight is 432 g/mol. The van der Waals surface area contributed by atoms with Crippen LogP contribution in [-0.4, -0.2) is 58.9 Å². The SMILES string of the molecule is O=C(NS(=O)(=O)C[C@@H]1CCCO1)c1ccc(NC(=O)N2Cc3ccncc3C2)nn1. The Labute approximate surface area is 172 Å². The quantitative estimate of drug-likeness (QED) is 0.701. The molecular formula is C18H20N6O5S. The van der Waals surface area contributed by atoms with Gasteiger partial charge in [-0.3, -0.25) is 15.1 Å². The third-order valence-electron chi connectivity index (χ3n) is 4.82. The van der Waals surface area contributed by atoms with E-state index in [1.165, 1.54) is 12.1 Å². The van der Waals surface area contributed by atoms with Crippen LogP contribution in [0.5, 0.6) is 0 Å². The highest BCUT2D eigenvalue weighted by molar-refractivity contribution is 7.90. The van der Waals surface area contributed by atoms with Crippen LogP contribution in [0.25, 0.3) is 0 Å². The van der Waals surface area contributed by atoms with Gasteiger partial charge in [-0.15, -0.1) is 10.2 Å². The lowest BCUT2D eigenvalue weighted by Crippen LogP contribution is -2.36. The van der Waals surface area contributed by atoms with Crippen LogP contribution < -0.4 is 10.0 Å². The minimum atomic E-state index is -3.85. The summed E-state index contributed by atoms with van der Waals surface area (Å²) < 4.78 is 31.4. The Morgan fingerprint density at radius 2 is 2.00 bits per heavy atom. The highest BCUT2D eigenvalue weighted by Gasteiger charge is 2.26. The minimum Gasteiger partial charge on any atom is -0.377 e. The molecule has 0 aromatic carbocycles. The fourth-order valence-electron chi connectivity index (χ4n) is 3.33. The number of urea groups is 1. The second-order valence-electron chi connectivity index (χ2n) is 7.08. The molecule has 3 amide bonds. The predicted molar refractivity (Wildman–Crippen MR) is 105 cm³/mol. The summed E-state index contributed by atoms with van der Waals surface area (Å²) in [5.74, 6) is -1.03. The summed E-state index contributed by atoms with van der Waals surface area (Å²) >= 11 is 0. The molecule has 0 unspecified atom stereocenters. The Hall–Kier alpha value is -3.12. The van der Waals surface area contributed by atoms with Crippen molar-refractivity contribution in [2.75, 3.05) is 17.7 Å². The smallest absolute Gasteiger partial charge is 0.323 e. The van der Waals surface area contributed by atoms with Gasteiger partial charge in [-0.2, -0.15) is 0 Å². The molecule has 2 aliphatic heterocycles. The molecule has 2 N–H and O–H groups in total. The van der Waals surface area contributed by atoms with Gasteiger partial charge in [0.05, 0.1) is 11.9 Å². The molecule has 0 aliphatic carbocycles. The normalized spacial score (nSPS) is 18.1. The van der Waals surface area contributed by atoms with Crippen LogP contribution in [0.3, 0.4) is 0 Å². The first-order valence-electron chi connectivity index (χ1n) is 9.37. The first kappa shape index (κ1) is 20.2. The average Bonchev–Trinajstić information content (AvgIpc) is 3.37. The van der Waals surface area contributed by atoms with Gasteiger partial charge in [0, 0.05) is 32.1 Å². The summed E-state index contributed by atoms with van der Waals surface area (Å²) in [5, 5.41) is 10.1. The Bertz CT molecular complexity index is 1030. The Morgan fingerprint density at radius 3 is 2.70 bits per heavy atom. The highest BCUT2D eigenvalue weighted by Crippen LogP contribution is 2.22. The number of aromatic nitrogens is 3. The summed E-state index contributed by atoms with van der Waals surface area (Å²) in [4.78, 5) is 30.2. The van der Waals surface area contributed by atoms with Crippen LogP contribution in [0.2, 0.25) is 0 Å². The van der Waals surface area contributed by atoms with Crippen LogP contribution in [0, 0.1) is 0 Å². The summed E-state index contributed by atoms with van der Waals surface area (Å²) in [6.45, 7) is 1.42. The van der Waals surface area contributed by atoms with Crippen LogP contribution >= 0.6 is 0 Å². The molecule has 4 heterocycles. The van der Waals surface area contributed by atoms with Crippen molar-refractivity contribution in [2.24, 2.45) is 0 Å². The summed E-state index contributed by atoms with van der Waals surface area (Å²) in [5.41, 5.74) is 1.83. The molecule has 0 saturated carbocycles. The van der Waals surface area contributed by atoms with Crippen LogP contribution in [0.1, 0.15) is 34.5 Å². The number of nitrogens with one attached hydrogen (secondary N) is 2. The van der Waals surface area contributed by atoms with Gasteiger partial charge in [-0.25, -0.2) is 17.9 Å². The minimum absolute atomic E-state index is 0.146. The maximum absolute atomic E-state index is 12.4. The van der Waals surface area contributed by atoms with Crippen molar-refractivity contribution < 1.29 is 22.7 Å². The zero-order valence-electron chi connectivity index (χ0n) is 15.9. The lowest BCUT2D eigenvalue weighted by Gasteiger charge is -2.15. The standard InChI is InChI=1S/C18H20N6O5S/c25-17(23-30(27,28)11-14-2-1-7-29-14)15-3-4-16(22-21-15)20-18(26)24-9-12-5-6-19-8-13(12)10-24/h3-6,8,14H,1-2,7,9-11H2,(H,23,25)(H,20,22,26)/t14-/m0/s1. The topological polar surface area (TPSA) is 143 Å². The fraction of sp³-hybridized carbons (Fsp3) is 0.389. The largest absolute Gasteiger partial charge is 0.377 e. The molecule has 1 atom stereocenters. The van der Waals surface area contributed by atoms with E-state index < -0.39 is 22.0 Å². The number of hydrogen-bond acceptors (Lipinski definition) is 8. The second kappa shape index (κ2) is 8.32. The van der Waals surface area contributed by atoms with Crippen molar-refractivity contribution >= 4 is 27.8 Å². The van der Waals surface area contributed by atoms with Gasteiger partial charge in [0.15, 0.2) is 11.5 Å². The number of nitrogens with zero attached hydrogens (tertiary/aromatic N) is 4. The molecule has 158 valence electrons. The van der Waals surface area contributed by atoms with Gasteiger partial charge >= 0.3 is 6.03 Å². The number of fused-ring (bicyclic) bond motifs is 1. The van der Waals surface area contributed by atoms with Gasteiger partial charge < -0.3 is 9.64 Å². The van der Waals surface area contributed by atoms with Gasteiger partial charge in [0.1, 0.15) is 0 Å². The fourth-order valence-corrected chi connectivity index (χ4v) is 4.55. The Balaban J connectivity index is 1.32. The number of hydrogen-bond donors (Lipinski definition) is 2. The van der Waals surface area contributed by atoms with Crippen LogP contribution in [0.15, 0.2) is 30.6 Å². The first-order valence-corrected chi connectivity index (χ1v) is 11.0. The van der Waals surface area contributed by atoms with Crippen molar-refractivity contribution in [1.82, 2.24) is 24.8 Å². The molecule has 0 radical (unpaired) electrons. The molecule has 30 heavy (non-hydrogen) atoms. The maximum Gasteiger partial charge on any atom is 0.323 e. The third-order valence-corrected chi connectivity index (χ3v) is 6.13. The maximum atomic E-state index is 12.4. The lowest BCUT2D eigenvalue weighted by molar-refractivity contribution is 0.0974. The lowest BCUT2D eigenvalue weighted by atomic mass is 10.2. The number of anilines is 1. The number of carbonyl (C=O) groups excluding carboxylic acids is 2. The Kier molecular flexibility index (Phi) is 5.59. The van der Waals surface area contributed by atoms with Crippen molar-refractivity contribution in [3.63, 3.8) is 0 Å². The molecule has 4 rings (SSSR count). The number of carbonyl (C=O) groups is 2. The van der Waals surface area contributed by atoms with Gasteiger partial charge in [0.25, 0.3) is 5.91 Å². The van der Waals surface area contributed by atoms with E-state index in [2.05, 4.69) is 20.5 Å². The van der Waals surface area contributed by atoms with E-state index in [1.807, 2.05) is 10.8 Å². The molecule has 2 aromatic heterocycles. The summed E-state index contributed by atoms with van der Waals surface area (Å²) in [7, 11) is -3.85. The molecule has 1 saturated heterocycles. The zero-order valence-corrected chi connectivity index (χ0v) is 16.8. The number of sulfonamides is 1. The van der Waals surface area contributed by atoms with Crippen molar-refractivity contribution in [2.45, 2.75) is 32.0 Å². The molecule has 0 bridgehead atoms. The molecule has 2 aliphatic rings. The van der Waals surface area contributed by atoms with Crippen LogP contribution in [-0.2, 0) is 27.8 Å². The number of ether oxygens (including phenoxy) is 1. The van der Waals surface area contributed by atoms with E-state index in [1.54, 1.807) is 17.3 Å². The van der Waals surface area contributed by atoms with Crippen LogP contribution in [0.4, 0.5) is 10.6 Å². The van der Waals surface area contributed by atoms with Gasteiger partial charge in [0.2, 0.25) is 10.0 Å². The predicted octanol–water partition coefficient (Wildman–Crippen LogP) is 0.658. The van der Waals surface area contributed by atoms with E-state index in [0.29, 0.717) is 26.1 Å². The molecule has 2 aromatic rings. The first-order chi connectivity index (χ1) is 14.4. The Morgan fingerprint density at radius 1 is 1.17 bits per heavy atom. The molecule has 1 fully saturated rings. The van der Waals surface area contributed by atoms with E-state index in [4.69, 9.17) is 4.74 Å². The van der Waals surface area contributed by atoms with Gasteiger partial charge in [-0.05, 0) is 42.2 Å². The zero-order chi connectivity index (χ0) is 21.1. The molecule has 0 spiro atoms. The molecule has 11 nitrogen and oxygen atoms in total. The monoisotopic (exact) mass is 432 g/mol. The molecule has 12 heteroatoms. The number of rotatable bonds is 5. The number of pyridine rings is 1. The van der Waals surface area contributed by atoms with Crippen molar-refractivity contribution in [3.8, 4) is 0 Å². The van der Waals surface area contributed by atoms with E-state index in [9.17, 15) is 18.0 Å². The molecular weight excluding hydrogens is 412 g/mol. The summed E-state index contributed by atoms with van der Waals surface area (Å²) in [6, 6.07) is 4.18. The highest BCUT2D eigenvalue weighted by atomic mass is 32.2. The second-order valence-corrected chi connectivity index (χ2v) is 8.85.